The van der Waals surface area contributed by atoms with Crippen molar-refractivity contribution < 1.29 is 46.6 Å². The van der Waals surface area contributed by atoms with E-state index in [1.54, 1.807) is 30.4 Å². The fourth-order valence-corrected chi connectivity index (χ4v) is 5.42. The number of non-ortho nitro benzene ring substituents is 1. The summed E-state index contributed by atoms with van der Waals surface area (Å²) < 4.78 is 60.7. The zero-order valence-corrected chi connectivity index (χ0v) is 24.0. The first kappa shape index (κ1) is 30.1. The number of ether oxygens (including phenoxy) is 6. The number of nitro benzene ring substituents is 1. The molecule has 3 aromatic carbocycles. The number of hydrogen-bond acceptors (Lipinski definition) is 11. The minimum Gasteiger partial charge on any atom is -0.493 e. The third kappa shape index (κ3) is 6.09. The molecule has 0 radical (unpaired) electrons. The summed E-state index contributed by atoms with van der Waals surface area (Å²) in [5, 5.41) is 10.9. The molecule has 0 saturated carbocycles. The van der Waals surface area contributed by atoms with Crippen LogP contribution in [0.25, 0.3) is 12.2 Å². The number of nitrogens with zero attached hydrogens (tertiary/aromatic N) is 1. The van der Waals surface area contributed by atoms with Crippen molar-refractivity contribution in [2.45, 2.75) is 11.3 Å². The first-order chi connectivity index (χ1) is 20.1. The zero-order valence-electron chi connectivity index (χ0n) is 23.2. The van der Waals surface area contributed by atoms with Gasteiger partial charge in [0.1, 0.15) is 5.56 Å². The molecule has 0 saturated heterocycles. The lowest BCUT2D eigenvalue weighted by molar-refractivity contribution is -0.384. The summed E-state index contributed by atoms with van der Waals surface area (Å²) in [5.41, 5.74) is 1.60. The van der Waals surface area contributed by atoms with Crippen LogP contribution in [0.3, 0.4) is 0 Å². The summed E-state index contributed by atoms with van der Waals surface area (Å²) in [6, 6.07) is 9.62. The van der Waals surface area contributed by atoms with Crippen molar-refractivity contribution in [1.82, 2.24) is 4.72 Å². The van der Waals surface area contributed by atoms with Gasteiger partial charge in [0, 0.05) is 24.2 Å². The van der Waals surface area contributed by atoms with Crippen LogP contribution in [0.15, 0.2) is 47.4 Å². The van der Waals surface area contributed by atoms with Crippen molar-refractivity contribution in [3.05, 3.63) is 74.8 Å². The minimum atomic E-state index is -3.96. The number of esters is 1. The molecule has 1 aliphatic rings. The molecule has 0 bridgehead atoms. The van der Waals surface area contributed by atoms with Crippen LogP contribution in [-0.2, 0) is 21.2 Å². The molecule has 0 aliphatic carbocycles. The Hall–Kier alpha value is -4.82. The highest BCUT2D eigenvalue weighted by atomic mass is 32.2. The van der Waals surface area contributed by atoms with Gasteiger partial charge >= 0.3 is 5.97 Å². The lowest BCUT2D eigenvalue weighted by Crippen LogP contribution is -2.26. The summed E-state index contributed by atoms with van der Waals surface area (Å²) in [5.74, 6) is 1.08. The predicted molar refractivity (Wildman–Crippen MR) is 151 cm³/mol. The highest BCUT2D eigenvalue weighted by molar-refractivity contribution is 7.89. The van der Waals surface area contributed by atoms with Gasteiger partial charge in [0.15, 0.2) is 23.0 Å². The Morgan fingerprint density at radius 3 is 2.33 bits per heavy atom. The van der Waals surface area contributed by atoms with Crippen LogP contribution in [0.1, 0.15) is 27.0 Å². The lowest BCUT2D eigenvalue weighted by Gasteiger charge is -2.16. The molecule has 14 heteroatoms. The molecular weight excluding hydrogens is 572 g/mol. The highest BCUT2D eigenvalue weighted by Crippen LogP contribution is 2.46. The maximum absolute atomic E-state index is 12.8. The second-order valence-corrected chi connectivity index (χ2v) is 10.5. The smallest absolute Gasteiger partial charge is 0.342 e. The van der Waals surface area contributed by atoms with Crippen molar-refractivity contribution in [1.29, 1.82) is 0 Å². The molecule has 222 valence electrons. The van der Waals surface area contributed by atoms with Gasteiger partial charge in [0.05, 0.1) is 38.3 Å². The van der Waals surface area contributed by atoms with Crippen molar-refractivity contribution in [2.75, 3.05) is 41.8 Å². The van der Waals surface area contributed by atoms with E-state index in [0.29, 0.717) is 39.7 Å². The number of sulfonamides is 1. The Labute approximate surface area is 241 Å². The van der Waals surface area contributed by atoms with E-state index in [4.69, 9.17) is 28.4 Å². The van der Waals surface area contributed by atoms with E-state index < -0.39 is 20.9 Å². The minimum absolute atomic E-state index is 0.0206. The SMILES string of the molecule is COC(=O)c1c(/C=C/c2c(CCNS(=O)(=O)c3ccc([N+](=O)[O-])cc3)cc3c(c2OC)OCO3)ccc(OC)c1OC. The fraction of sp³-hybridized carbons (Fsp3) is 0.250. The average Bonchev–Trinajstić information content (AvgIpc) is 3.46. The molecule has 0 spiro atoms. The average molecular weight is 601 g/mol. The molecule has 1 N–H and O–H groups in total. The molecule has 0 fully saturated rings. The second-order valence-electron chi connectivity index (χ2n) is 8.71. The molecule has 0 atom stereocenters. The van der Waals surface area contributed by atoms with E-state index in [0.717, 1.165) is 12.1 Å². The highest BCUT2D eigenvalue weighted by Gasteiger charge is 2.26. The number of nitro groups is 1. The van der Waals surface area contributed by atoms with Crippen molar-refractivity contribution >= 4 is 33.8 Å². The van der Waals surface area contributed by atoms with Crippen LogP contribution in [0.2, 0.25) is 0 Å². The molecule has 0 aromatic heterocycles. The fourth-order valence-electron chi connectivity index (χ4n) is 4.39. The van der Waals surface area contributed by atoms with Crippen LogP contribution in [0, 0.1) is 10.1 Å². The number of carbonyl (C=O) groups is 1. The van der Waals surface area contributed by atoms with Crippen LogP contribution in [-0.4, -0.2) is 61.1 Å². The Bertz CT molecular complexity index is 1630. The number of carbonyl (C=O) groups excluding carboxylic acids is 1. The Morgan fingerprint density at radius 1 is 1.00 bits per heavy atom. The van der Waals surface area contributed by atoms with Crippen LogP contribution in [0.4, 0.5) is 5.69 Å². The molecule has 4 rings (SSSR count). The van der Waals surface area contributed by atoms with Gasteiger partial charge in [-0.05, 0) is 41.8 Å². The summed E-state index contributed by atoms with van der Waals surface area (Å²) in [7, 11) is 1.63. The number of benzene rings is 3. The van der Waals surface area contributed by atoms with Gasteiger partial charge in [-0.3, -0.25) is 10.1 Å². The topological polar surface area (TPSA) is 162 Å². The van der Waals surface area contributed by atoms with E-state index in [1.807, 2.05) is 0 Å². The number of methoxy groups -OCH3 is 4. The van der Waals surface area contributed by atoms with Gasteiger partial charge in [0.2, 0.25) is 22.6 Å². The molecule has 0 unspecified atom stereocenters. The second kappa shape index (κ2) is 12.8. The van der Waals surface area contributed by atoms with Crippen molar-refractivity contribution in [2.24, 2.45) is 0 Å². The van der Waals surface area contributed by atoms with E-state index in [9.17, 15) is 23.3 Å². The molecular formula is C28H28N2O11S. The lowest BCUT2D eigenvalue weighted by atomic mass is 9.99. The van der Waals surface area contributed by atoms with Gasteiger partial charge in [-0.25, -0.2) is 17.9 Å². The molecule has 13 nitrogen and oxygen atoms in total. The van der Waals surface area contributed by atoms with Gasteiger partial charge in [-0.15, -0.1) is 0 Å². The summed E-state index contributed by atoms with van der Waals surface area (Å²) in [6.07, 6.45) is 3.57. The van der Waals surface area contributed by atoms with Crippen LogP contribution >= 0.6 is 0 Å². The van der Waals surface area contributed by atoms with E-state index in [2.05, 4.69) is 4.72 Å². The van der Waals surface area contributed by atoms with E-state index >= 15 is 0 Å². The maximum atomic E-state index is 12.8. The monoisotopic (exact) mass is 600 g/mol. The number of nitrogens with one attached hydrogen (secondary N) is 1. The molecule has 0 amide bonds. The molecule has 1 aliphatic heterocycles. The number of rotatable bonds is 12. The summed E-state index contributed by atoms with van der Waals surface area (Å²) in [6.45, 7) is -0.0417. The van der Waals surface area contributed by atoms with Gasteiger partial charge < -0.3 is 28.4 Å². The molecule has 3 aromatic rings. The first-order valence-corrected chi connectivity index (χ1v) is 13.9. The molecule has 1 heterocycles. The van der Waals surface area contributed by atoms with Gasteiger partial charge in [0.25, 0.3) is 5.69 Å². The summed E-state index contributed by atoms with van der Waals surface area (Å²) in [4.78, 5) is 22.9. The Morgan fingerprint density at radius 2 is 1.71 bits per heavy atom. The van der Waals surface area contributed by atoms with Gasteiger partial charge in [-0.1, -0.05) is 18.2 Å². The molecule has 42 heavy (non-hydrogen) atoms. The van der Waals surface area contributed by atoms with Gasteiger partial charge in [-0.2, -0.15) is 0 Å². The van der Waals surface area contributed by atoms with E-state index in [-0.39, 0.29) is 41.7 Å². The maximum Gasteiger partial charge on any atom is 0.342 e. The predicted octanol–water partition coefficient (Wildman–Crippen LogP) is 3.83. The van der Waals surface area contributed by atoms with Crippen molar-refractivity contribution in [3.8, 4) is 28.7 Å². The number of hydrogen-bond donors (Lipinski definition) is 1. The Balaban J connectivity index is 1.69. The van der Waals surface area contributed by atoms with Crippen molar-refractivity contribution in [3.63, 3.8) is 0 Å². The normalized spacial score (nSPS) is 12.3. The largest absolute Gasteiger partial charge is 0.493 e. The number of fused-ring (bicyclic) bond motifs is 1. The van der Waals surface area contributed by atoms with Crippen LogP contribution in [0.5, 0.6) is 28.7 Å². The first-order valence-electron chi connectivity index (χ1n) is 12.4. The van der Waals surface area contributed by atoms with E-state index in [1.165, 1.54) is 40.6 Å². The summed E-state index contributed by atoms with van der Waals surface area (Å²) >= 11 is 0. The third-order valence-electron chi connectivity index (χ3n) is 6.39. The Kier molecular flexibility index (Phi) is 9.18. The van der Waals surface area contributed by atoms with Crippen LogP contribution < -0.4 is 28.4 Å². The quantitative estimate of drug-likeness (QED) is 0.139. The standard InChI is InChI=1S/C28H28N2O11S/c1-36-22-12-6-17(24(26(22)38-3)28(31)39-4)5-11-21-18(15-23-27(25(21)37-2)41-16-40-23)13-14-29-42(34,35)20-9-7-19(8-10-20)30(32)33/h5-12,15,29H,13-14,16H2,1-4H3/b11-5+. The third-order valence-corrected chi connectivity index (χ3v) is 7.87. The zero-order chi connectivity index (χ0) is 30.4.